The standard InChI is InChI=1S/C21H19FN4O3S2/c1-12(2)31(28,29)15-7-4-6-14(11-15)20(27)23-18-10-13(3)25-26(18)21-24-19-16(22)8-5-9-17(19)30-21/h4-12H,1-3H3,(H,23,27). The molecule has 0 saturated carbocycles. The van der Waals surface area contributed by atoms with Crippen LogP contribution in [0, 0.1) is 12.7 Å². The molecule has 0 fully saturated rings. The maximum atomic E-state index is 14.0. The second-order valence-corrected chi connectivity index (χ2v) is 10.8. The molecule has 4 aromatic rings. The number of aryl methyl sites for hydroxylation is 1. The monoisotopic (exact) mass is 458 g/mol. The van der Waals surface area contributed by atoms with Crippen molar-refractivity contribution in [3.63, 3.8) is 0 Å². The Bertz CT molecular complexity index is 1410. The summed E-state index contributed by atoms with van der Waals surface area (Å²) < 4.78 is 41.0. The summed E-state index contributed by atoms with van der Waals surface area (Å²) >= 11 is 1.24. The topological polar surface area (TPSA) is 94.0 Å². The largest absolute Gasteiger partial charge is 0.306 e. The number of amides is 1. The number of carbonyl (C=O) groups is 1. The molecule has 2 aromatic heterocycles. The van der Waals surface area contributed by atoms with Crippen molar-refractivity contribution in [3.8, 4) is 5.13 Å². The van der Waals surface area contributed by atoms with Crippen molar-refractivity contribution >= 4 is 43.1 Å². The van der Waals surface area contributed by atoms with Gasteiger partial charge in [-0.05, 0) is 51.1 Å². The van der Waals surface area contributed by atoms with Crippen LogP contribution in [0.25, 0.3) is 15.3 Å². The summed E-state index contributed by atoms with van der Waals surface area (Å²) in [6.07, 6.45) is 0. The van der Waals surface area contributed by atoms with Gasteiger partial charge < -0.3 is 5.32 Å². The lowest BCUT2D eigenvalue weighted by Crippen LogP contribution is -2.17. The van der Waals surface area contributed by atoms with E-state index in [0.29, 0.717) is 21.3 Å². The van der Waals surface area contributed by atoms with Crippen molar-refractivity contribution in [2.24, 2.45) is 0 Å². The average molecular weight is 459 g/mol. The van der Waals surface area contributed by atoms with E-state index in [-0.39, 0.29) is 16.0 Å². The van der Waals surface area contributed by atoms with Gasteiger partial charge in [-0.15, -0.1) is 0 Å². The van der Waals surface area contributed by atoms with Crippen molar-refractivity contribution in [1.29, 1.82) is 0 Å². The van der Waals surface area contributed by atoms with E-state index >= 15 is 0 Å². The molecular weight excluding hydrogens is 439 g/mol. The van der Waals surface area contributed by atoms with Gasteiger partial charge >= 0.3 is 0 Å². The Hall–Kier alpha value is -3.11. The summed E-state index contributed by atoms with van der Waals surface area (Å²) in [6.45, 7) is 4.93. The number of aromatic nitrogens is 3. The van der Waals surface area contributed by atoms with Gasteiger partial charge in [0.15, 0.2) is 9.84 Å². The first kappa shape index (κ1) is 21.1. The number of halogens is 1. The molecule has 0 saturated heterocycles. The fourth-order valence-electron chi connectivity index (χ4n) is 3.00. The number of thiazole rings is 1. The van der Waals surface area contributed by atoms with Crippen LogP contribution in [-0.2, 0) is 9.84 Å². The van der Waals surface area contributed by atoms with Crippen LogP contribution in [0.5, 0.6) is 0 Å². The van der Waals surface area contributed by atoms with Gasteiger partial charge in [0.25, 0.3) is 5.91 Å². The first-order valence-electron chi connectivity index (χ1n) is 9.44. The molecule has 0 aliphatic heterocycles. The van der Waals surface area contributed by atoms with E-state index in [1.807, 2.05) is 0 Å². The summed E-state index contributed by atoms with van der Waals surface area (Å²) in [7, 11) is -3.51. The quantitative estimate of drug-likeness (QED) is 0.479. The maximum absolute atomic E-state index is 14.0. The number of para-hydroxylation sites is 1. The Morgan fingerprint density at radius 2 is 1.90 bits per heavy atom. The summed E-state index contributed by atoms with van der Waals surface area (Å²) in [6, 6.07) is 12.2. The van der Waals surface area contributed by atoms with Gasteiger partial charge in [0.2, 0.25) is 5.13 Å². The summed E-state index contributed by atoms with van der Waals surface area (Å²) in [5.41, 5.74) is 1.06. The molecule has 31 heavy (non-hydrogen) atoms. The highest BCUT2D eigenvalue weighted by atomic mass is 32.2. The van der Waals surface area contributed by atoms with Gasteiger partial charge in [0, 0.05) is 11.6 Å². The lowest BCUT2D eigenvalue weighted by Gasteiger charge is -2.10. The first-order valence-corrected chi connectivity index (χ1v) is 11.8. The smallest absolute Gasteiger partial charge is 0.256 e. The molecule has 0 radical (unpaired) electrons. The van der Waals surface area contributed by atoms with Crippen LogP contribution < -0.4 is 5.32 Å². The third-order valence-corrected chi connectivity index (χ3v) is 7.81. The van der Waals surface area contributed by atoms with Gasteiger partial charge in [-0.3, -0.25) is 4.79 Å². The van der Waals surface area contributed by atoms with E-state index < -0.39 is 26.8 Å². The first-order chi connectivity index (χ1) is 14.7. The van der Waals surface area contributed by atoms with Crippen LogP contribution in [0.15, 0.2) is 53.4 Å². The fraction of sp³-hybridized carbons (Fsp3) is 0.190. The van der Waals surface area contributed by atoms with E-state index in [1.54, 1.807) is 39.0 Å². The minimum Gasteiger partial charge on any atom is -0.306 e. The highest BCUT2D eigenvalue weighted by molar-refractivity contribution is 7.92. The number of rotatable bonds is 5. The number of hydrogen-bond acceptors (Lipinski definition) is 6. The number of carbonyl (C=O) groups excluding carboxylic acids is 1. The van der Waals surface area contributed by atoms with Gasteiger partial charge in [-0.1, -0.05) is 23.5 Å². The number of sulfone groups is 1. The zero-order valence-corrected chi connectivity index (χ0v) is 18.6. The zero-order chi connectivity index (χ0) is 22.3. The lowest BCUT2D eigenvalue weighted by atomic mass is 10.2. The van der Waals surface area contributed by atoms with E-state index in [0.717, 1.165) is 0 Å². The highest BCUT2D eigenvalue weighted by Crippen LogP contribution is 2.29. The SMILES string of the molecule is Cc1cc(NC(=O)c2cccc(S(=O)(=O)C(C)C)c2)n(-c2nc3c(F)cccc3s2)n1. The second-order valence-electron chi connectivity index (χ2n) is 7.24. The predicted octanol–water partition coefficient (Wildman–Crippen LogP) is 4.36. The van der Waals surface area contributed by atoms with Gasteiger partial charge in [0.05, 0.1) is 20.5 Å². The number of benzene rings is 2. The van der Waals surface area contributed by atoms with Crippen LogP contribution in [0.1, 0.15) is 29.9 Å². The number of anilines is 1. The normalized spacial score (nSPS) is 11.9. The minimum absolute atomic E-state index is 0.0847. The van der Waals surface area contributed by atoms with E-state index in [2.05, 4.69) is 15.4 Å². The molecule has 0 aliphatic carbocycles. The zero-order valence-electron chi connectivity index (χ0n) is 17.0. The van der Waals surface area contributed by atoms with Crippen LogP contribution in [0.3, 0.4) is 0 Å². The Balaban J connectivity index is 1.68. The van der Waals surface area contributed by atoms with Crippen molar-refractivity contribution in [2.45, 2.75) is 30.9 Å². The third-order valence-electron chi connectivity index (χ3n) is 4.66. The van der Waals surface area contributed by atoms with Gasteiger partial charge in [-0.25, -0.2) is 17.8 Å². The average Bonchev–Trinajstić information content (AvgIpc) is 3.32. The van der Waals surface area contributed by atoms with Crippen molar-refractivity contribution in [2.75, 3.05) is 5.32 Å². The maximum Gasteiger partial charge on any atom is 0.256 e. The predicted molar refractivity (Wildman–Crippen MR) is 118 cm³/mol. The Kier molecular flexibility index (Phi) is 5.36. The molecule has 2 aromatic carbocycles. The molecule has 0 unspecified atom stereocenters. The van der Waals surface area contributed by atoms with Crippen molar-refractivity contribution in [3.05, 3.63) is 65.6 Å². The van der Waals surface area contributed by atoms with Gasteiger partial charge in [0.1, 0.15) is 17.2 Å². The molecule has 0 aliphatic rings. The molecule has 1 amide bonds. The number of fused-ring (bicyclic) bond motifs is 1. The summed E-state index contributed by atoms with van der Waals surface area (Å²) in [5.74, 6) is -0.578. The highest BCUT2D eigenvalue weighted by Gasteiger charge is 2.21. The molecular formula is C21H19FN4O3S2. The Labute approximate surface area is 182 Å². The van der Waals surface area contributed by atoms with Crippen molar-refractivity contribution < 1.29 is 17.6 Å². The Morgan fingerprint density at radius 3 is 2.61 bits per heavy atom. The number of hydrogen-bond donors (Lipinski definition) is 1. The lowest BCUT2D eigenvalue weighted by molar-refractivity contribution is 0.102. The van der Waals surface area contributed by atoms with Crippen molar-refractivity contribution in [1.82, 2.24) is 14.8 Å². The second kappa shape index (κ2) is 7.86. The van der Waals surface area contributed by atoms with E-state index in [4.69, 9.17) is 0 Å². The molecule has 0 atom stereocenters. The molecule has 10 heteroatoms. The molecule has 0 bridgehead atoms. The molecule has 2 heterocycles. The van der Waals surface area contributed by atoms with Crippen LogP contribution >= 0.6 is 11.3 Å². The van der Waals surface area contributed by atoms with E-state index in [1.165, 1.54) is 46.4 Å². The molecule has 0 spiro atoms. The van der Waals surface area contributed by atoms with E-state index in [9.17, 15) is 17.6 Å². The molecule has 160 valence electrons. The number of nitrogens with one attached hydrogen (secondary N) is 1. The molecule has 4 rings (SSSR count). The summed E-state index contributed by atoms with van der Waals surface area (Å²) in [4.78, 5) is 17.3. The van der Waals surface area contributed by atoms with Crippen LogP contribution in [0.4, 0.5) is 10.2 Å². The summed E-state index contributed by atoms with van der Waals surface area (Å²) in [5, 5.41) is 6.92. The van der Waals surface area contributed by atoms with Crippen LogP contribution in [0.2, 0.25) is 0 Å². The minimum atomic E-state index is -3.51. The Morgan fingerprint density at radius 1 is 1.16 bits per heavy atom. The molecule has 7 nitrogen and oxygen atoms in total. The third kappa shape index (κ3) is 3.96. The molecule has 1 N–H and O–H groups in total. The number of nitrogens with zero attached hydrogens (tertiary/aromatic N) is 3. The van der Waals surface area contributed by atoms with Gasteiger partial charge in [-0.2, -0.15) is 9.78 Å². The van der Waals surface area contributed by atoms with Crippen LogP contribution in [-0.4, -0.2) is 34.3 Å². The fourth-order valence-corrected chi connectivity index (χ4v) is 5.05.